The molecule has 3 aliphatic rings. The summed E-state index contributed by atoms with van der Waals surface area (Å²) in [6.07, 6.45) is 22.0. The minimum Gasteiger partial charge on any atom is -0.479 e. The molecule has 27 nitrogen and oxygen atoms in total. The monoisotopic (exact) mass is 1330 g/mol. The number of carbonyl (C=O) groups is 6. The largest absolute Gasteiger partial charge is 0.479 e. The van der Waals surface area contributed by atoms with E-state index in [0.717, 1.165) is 28.2 Å². The highest BCUT2D eigenvalue weighted by atomic mass is 19.1. The number of amides is 4. The number of benzene rings is 3. The molecular weight excluding hydrogens is 1270 g/mol. The minimum absolute atomic E-state index is 0.0696. The van der Waals surface area contributed by atoms with E-state index in [-0.39, 0.29) is 67.2 Å². The molecular formula is C68H62F3N19O8. The van der Waals surface area contributed by atoms with E-state index in [1.54, 1.807) is 74.4 Å². The van der Waals surface area contributed by atoms with Crippen LogP contribution in [0, 0.1) is 17.5 Å². The molecule has 3 aliphatic heterocycles. The van der Waals surface area contributed by atoms with Crippen molar-refractivity contribution in [2.75, 3.05) is 60.6 Å². The molecule has 3 aromatic carbocycles. The van der Waals surface area contributed by atoms with Gasteiger partial charge < -0.3 is 59.4 Å². The fourth-order valence-corrected chi connectivity index (χ4v) is 12.2. The van der Waals surface area contributed by atoms with Crippen LogP contribution in [0.4, 0.5) is 30.6 Å². The Morgan fingerprint density at radius 3 is 1.14 bits per heavy atom. The number of carboxylic acids is 1. The van der Waals surface area contributed by atoms with Gasteiger partial charge in [-0.05, 0) is 141 Å². The lowest BCUT2D eigenvalue weighted by Crippen LogP contribution is -2.59. The second-order valence-corrected chi connectivity index (χ2v) is 23.5. The highest BCUT2D eigenvalue weighted by molar-refractivity contribution is 6.00. The summed E-state index contributed by atoms with van der Waals surface area (Å²) in [5, 5.41) is 31.1. The van der Waals surface area contributed by atoms with E-state index >= 15 is 0 Å². The van der Waals surface area contributed by atoms with Crippen LogP contribution >= 0.6 is 0 Å². The van der Waals surface area contributed by atoms with Gasteiger partial charge >= 0.3 is 11.9 Å². The number of ether oxygens (including phenoxy) is 1. The zero-order chi connectivity index (χ0) is 68.3. The van der Waals surface area contributed by atoms with Crippen molar-refractivity contribution in [3.05, 3.63) is 236 Å². The number of primary amides is 1. The number of aromatic nitrogens is 12. The molecule has 4 amide bonds. The maximum Gasteiger partial charge on any atom is 0.333 e. The standard InChI is InChI=1S/C24H23FN6O3.C22H20FN7O2.C22H19FN6O3/c1-2-34-23(33)24(10-14-30(16-24)21-20-4-3-12-29(20)15-11-26-21)27-22(32)19-9-13-31(28-19)18-7-5-17(25)6-8-18;23-15-3-5-16(6-4-15)30-11-7-17(27-30)20(31)26-22(21(24)32)8-12-29(14-22)19-18-2-1-10-28(18)13-9-25-19;23-15-3-5-16(6-4-15)29-11-7-17(26-29)20(30)25-22(21(31)32)8-12-28(14-22)19-18-2-1-10-27(18)13-9-24-19/h3-9,11-13,15H,2,10,14,16H2,1H3,(H,27,32);1-7,9-11,13H,8,12,14H2,(H2,24,32)(H,26,31);1-7,9-11,13H,8,12,14H2,(H,25,30)(H,31,32)/t24-;2*22-/m000/s1. The van der Waals surface area contributed by atoms with Crippen LogP contribution in [0.1, 0.15) is 57.7 Å². The van der Waals surface area contributed by atoms with Crippen molar-refractivity contribution in [1.29, 1.82) is 0 Å². The van der Waals surface area contributed by atoms with Crippen molar-refractivity contribution < 1.29 is 51.8 Å². The summed E-state index contributed by atoms with van der Waals surface area (Å²) < 4.78 is 55.0. The van der Waals surface area contributed by atoms with Crippen LogP contribution in [0.5, 0.6) is 0 Å². The normalized spacial score (nSPS) is 18.1. The average molecular weight is 1330 g/mol. The molecule has 498 valence electrons. The zero-order valence-electron chi connectivity index (χ0n) is 52.3. The van der Waals surface area contributed by atoms with Gasteiger partial charge in [0.2, 0.25) is 5.91 Å². The summed E-state index contributed by atoms with van der Waals surface area (Å²) in [5.41, 5.74) is 6.56. The van der Waals surface area contributed by atoms with E-state index < -0.39 is 52.2 Å². The number of fused-ring (bicyclic) bond motifs is 3. The maximum atomic E-state index is 13.2. The lowest BCUT2D eigenvalue weighted by Gasteiger charge is -2.28. The van der Waals surface area contributed by atoms with Gasteiger partial charge in [0.15, 0.2) is 45.6 Å². The van der Waals surface area contributed by atoms with Gasteiger partial charge in [0.05, 0.1) is 59.9 Å². The summed E-state index contributed by atoms with van der Waals surface area (Å²) in [6.45, 7) is 3.86. The SMILES string of the molecule is CCOC(=O)[C@]1(NC(=O)c2ccn(-c3ccc(F)cc3)n2)CCN(c2nccn3cccc23)C1.NC(=O)[C@]1(NC(=O)c2ccn(-c3ccc(F)cc3)n2)CCN(c2nccn3cccc23)C1.O=C(N[C@@]1(C(=O)O)CCN(c2nccn3cccc23)C1)c1ccn(-c2ccc(F)cc2)n1. The van der Waals surface area contributed by atoms with Crippen molar-refractivity contribution in [3.63, 3.8) is 0 Å². The van der Waals surface area contributed by atoms with Crippen LogP contribution in [0.2, 0.25) is 0 Å². The zero-order valence-corrected chi connectivity index (χ0v) is 52.3. The van der Waals surface area contributed by atoms with Gasteiger partial charge in [-0.15, -0.1) is 0 Å². The van der Waals surface area contributed by atoms with Crippen LogP contribution < -0.4 is 36.4 Å². The number of carboxylic acid groups (broad SMARTS) is 1. The molecule has 0 saturated carbocycles. The number of anilines is 3. The van der Waals surface area contributed by atoms with Gasteiger partial charge in [0.1, 0.15) is 23.0 Å². The predicted octanol–water partition coefficient (Wildman–Crippen LogP) is 6.25. The Morgan fingerprint density at radius 1 is 0.459 bits per heavy atom. The van der Waals surface area contributed by atoms with Gasteiger partial charge in [-0.2, -0.15) is 15.3 Å². The second-order valence-electron chi connectivity index (χ2n) is 23.5. The van der Waals surface area contributed by atoms with Crippen LogP contribution in [0.25, 0.3) is 33.6 Å². The first-order valence-corrected chi connectivity index (χ1v) is 31.0. The van der Waals surface area contributed by atoms with Crippen molar-refractivity contribution in [2.45, 2.75) is 42.8 Å². The number of nitrogens with one attached hydrogen (secondary N) is 3. The molecule has 98 heavy (non-hydrogen) atoms. The topological polar surface area (TPSA) is 309 Å². The highest BCUT2D eigenvalue weighted by Gasteiger charge is 2.50. The number of aliphatic carboxylic acids is 1. The fourth-order valence-electron chi connectivity index (χ4n) is 12.2. The first-order valence-electron chi connectivity index (χ1n) is 31.0. The van der Waals surface area contributed by atoms with Gasteiger partial charge in [-0.3, -0.25) is 19.2 Å². The number of esters is 1. The Balaban J connectivity index is 0.000000132. The van der Waals surface area contributed by atoms with E-state index in [0.29, 0.717) is 55.4 Å². The van der Waals surface area contributed by atoms with Crippen LogP contribution in [-0.4, -0.2) is 161 Å². The summed E-state index contributed by atoms with van der Waals surface area (Å²) in [6, 6.07) is 33.2. The van der Waals surface area contributed by atoms with Crippen molar-refractivity contribution in [1.82, 2.24) is 73.4 Å². The number of nitrogens with zero attached hydrogens (tertiary/aromatic N) is 15. The lowest BCUT2D eigenvalue weighted by molar-refractivity contribution is -0.150. The minimum atomic E-state index is -1.47. The third-order valence-corrected chi connectivity index (χ3v) is 17.3. The molecule has 6 N–H and O–H groups in total. The number of nitrogens with two attached hydrogens (primary N) is 1. The molecule has 0 aliphatic carbocycles. The van der Waals surface area contributed by atoms with Crippen LogP contribution in [-0.2, 0) is 19.1 Å². The molecule has 30 heteroatoms. The molecule has 3 atom stereocenters. The van der Waals surface area contributed by atoms with Crippen molar-refractivity contribution in [2.24, 2.45) is 5.73 Å². The Hall–Kier alpha value is -12.6. The van der Waals surface area contributed by atoms with Crippen molar-refractivity contribution >= 4 is 69.6 Å². The number of rotatable bonds is 16. The second kappa shape index (κ2) is 26.6. The molecule has 3 fully saturated rings. The number of hydrogen-bond donors (Lipinski definition) is 5. The fraction of sp³-hybridized carbons (Fsp3) is 0.206. The van der Waals surface area contributed by atoms with Gasteiger partial charge in [0, 0.05) is 107 Å². The maximum absolute atomic E-state index is 13.2. The molecule has 12 aromatic rings. The highest BCUT2D eigenvalue weighted by Crippen LogP contribution is 2.33. The van der Waals surface area contributed by atoms with E-state index in [9.17, 15) is 47.0 Å². The molecule has 9 aromatic heterocycles. The van der Waals surface area contributed by atoms with Crippen LogP contribution in [0.15, 0.2) is 202 Å². The molecule has 0 radical (unpaired) electrons. The predicted molar refractivity (Wildman–Crippen MR) is 351 cm³/mol. The quantitative estimate of drug-likeness (QED) is 0.0668. The molecule has 0 spiro atoms. The van der Waals surface area contributed by atoms with E-state index in [2.05, 4.69) is 46.2 Å². The summed E-state index contributed by atoms with van der Waals surface area (Å²) in [5.74, 6) is -2.82. The van der Waals surface area contributed by atoms with Gasteiger partial charge in [-0.25, -0.2) is 51.8 Å². The number of carbonyl (C=O) groups excluding carboxylic acids is 5. The summed E-state index contributed by atoms with van der Waals surface area (Å²) in [7, 11) is 0. The molecule has 0 bridgehead atoms. The van der Waals surface area contributed by atoms with Gasteiger partial charge in [0.25, 0.3) is 17.7 Å². The summed E-state index contributed by atoms with van der Waals surface area (Å²) in [4.78, 5) is 95.8. The lowest BCUT2D eigenvalue weighted by atomic mass is 9.97. The third kappa shape index (κ3) is 12.9. The molecule has 0 unspecified atom stereocenters. The van der Waals surface area contributed by atoms with E-state index in [4.69, 9.17) is 10.5 Å². The molecule has 15 rings (SSSR count). The Labute approximate surface area is 555 Å². The number of halogens is 3. The summed E-state index contributed by atoms with van der Waals surface area (Å²) >= 11 is 0. The van der Waals surface area contributed by atoms with Crippen molar-refractivity contribution in [3.8, 4) is 17.1 Å². The average Bonchev–Trinajstić information content (AvgIpc) is 1.63. The Kier molecular flexibility index (Phi) is 17.4. The molecule has 12 heterocycles. The first kappa shape index (κ1) is 64.1. The number of hydrogen-bond acceptors (Lipinski definition) is 16. The Bertz CT molecular complexity index is 4750. The smallest absolute Gasteiger partial charge is 0.333 e. The molecule has 3 saturated heterocycles. The third-order valence-electron chi connectivity index (χ3n) is 17.3. The first-order chi connectivity index (χ1) is 47.4. The Morgan fingerprint density at radius 2 is 0.786 bits per heavy atom. The van der Waals surface area contributed by atoms with E-state index in [1.165, 1.54) is 74.7 Å². The van der Waals surface area contributed by atoms with E-state index in [1.807, 2.05) is 101 Å². The van der Waals surface area contributed by atoms with Gasteiger partial charge in [-0.1, -0.05) is 0 Å². The van der Waals surface area contributed by atoms with Crippen LogP contribution in [0.3, 0.4) is 0 Å².